The van der Waals surface area contributed by atoms with E-state index in [0.29, 0.717) is 6.61 Å². The molecule has 0 spiro atoms. The number of benzene rings is 1. The summed E-state index contributed by atoms with van der Waals surface area (Å²) < 4.78 is 45.3. The minimum absolute atomic E-state index is 0.0329. The predicted molar refractivity (Wildman–Crippen MR) is 75.8 cm³/mol. The van der Waals surface area contributed by atoms with Gasteiger partial charge in [-0.2, -0.15) is 0 Å². The van der Waals surface area contributed by atoms with E-state index in [2.05, 4.69) is 9.71 Å². The zero-order chi connectivity index (χ0) is 15.3. The molecule has 0 saturated carbocycles. The van der Waals surface area contributed by atoms with Gasteiger partial charge in [0.1, 0.15) is 0 Å². The Kier molecular flexibility index (Phi) is 4.87. The molecule has 0 amide bonds. The van der Waals surface area contributed by atoms with E-state index in [0.717, 1.165) is 11.6 Å². The van der Waals surface area contributed by atoms with Crippen LogP contribution in [0.3, 0.4) is 0 Å². The summed E-state index contributed by atoms with van der Waals surface area (Å²) in [5.41, 5.74) is 0.764. The molecule has 5 nitrogen and oxygen atoms in total. The molecule has 0 aliphatic rings. The molecule has 0 aliphatic heterocycles. The SMILES string of the molecule is CCOc1ccc(S(=O)(=O)NCc2ccncc2)cc1F. The van der Waals surface area contributed by atoms with Gasteiger partial charge in [0.05, 0.1) is 11.5 Å². The highest BCUT2D eigenvalue weighted by molar-refractivity contribution is 7.89. The van der Waals surface area contributed by atoms with E-state index in [1.54, 1.807) is 31.5 Å². The maximum atomic E-state index is 13.7. The molecule has 1 N–H and O–H groups in total. The summed E-state index contributed by atoms with van der Waals surface area (Å²) in [6, 6.07) is 6.95. The summed E-state index contributed by atoms with van der Waals surface area (Å²) >= 11 is 0. The van der Waals surface area contributed by atoms with Crippen molar-refractivity contribution in [2.75, 3.05) is 6.61 Å². The fourth-order valence-corrected chi connectivity index (χ4v) is 2.71. The molecule has 0 fully saturated rings. The van der Waals surface area contributed by atoms with Crippen molar-refractivity contribution in [3.63, 3.8) is 0 Å². The average Bonchev–Trinajstić information content (AvgIpc) is 2.48. The summed E-state index contributed by atoms with van der Waals surface area (Å²) in [5.74, 6) is -0.672. The van der Waals surface area contributed by atoms with Crippen LogP contribution in [0.2, 0.25) is 0 Å². The zero-order valence-electron chi connectivity index (χ0n) is 11.4. The van der Waals surface area contributed by atoms with Gasteiger partial charge in [0.25, 0.3) is 0 Å². The summed E-state index contributed by atoms with van der Waals surface area (Å²) in [7, 11) is -3.78. The highest BCUT2D eigenvalue weighted by Crippen LogP contribution is 2.21. The Hall–Kier alpha value is -1.99. The number of ether oxygens (including phenoxy) is 1. The lowest BCUT2D eigenvalue weighted by Crippen LogP contribution is -2.23. The Labute approximate surface area is 122 Å². The van der Waals surface area contributed by atoms with Gasteiger partial charge in [-0.3, -0.25) is 4.98 Å². The Morgan fingerprint density at radius 1 is 1.24 bits per heavy atom. The summed E-state index contributed by atoms with van der Waals surface area (Å²) in [4.78, 5) is 3.70. The zero-order valence-corrected chi connectivity index (χ0v) is 12.2. The van der Waals surface area contributed by atoms with Crippen molar-refractivity contribution in [2.45, 2.75) is 18.4 Å². The minimum Gasteiger partial charge on any atom is -0.491 e. The van der Waals surface area contributed by atoms with Gasteiger partial charge < -0.3 is 4.74 Å². The van der Waals surface area contributed by atoms with Crippen molar-refractivity contribution in [2.24, 2.45) is 0 Å². The number of nitrogens with one attached hydrogen (secondary N) is 1. The summed E-state index contributed by atoms with van der Waals surface area (Å²) in [5, 5.41) is 0. The second-order valence-electron chi connectivity index (χ2n) is 4.21. The van der Waals surface area contributed by atoms with Crippen LogP contribution in [0.4, 0.5) is 4.39 Å². The molecular formula is C14H15FN2O3S. The van der Waals surface area contributed by atoms with E-state index in [-0.39, 0.29) is 17.2 Å². The normalized spacial score (nSPS) is 11.3. The van der Waals surface area contributed by atoms with Gasteiger partial charge in [-0.1, -0.05) is 0 Å². The highest BCUT2D eigenvalue weighted by Gasteiger charge is 2.16. The lowest BCUT2D eigenvalue weighted by Gasteiger charge is -2.09. The van der Waals surface area contributed by atoms with E-state index in [4.69, 9.17) is 4.74 Å². The third-order valence-electron chi connectivity index (χ3n) is 2.73. The van der Waals surface area contributed by atoms with Crippen molar-refractivity contribution >= 4 is 10.0 Å². The van der Waals surface area contributed by atoms with Gasteiger partial charge >= 0.3 is 0 Å². The molecule has 21 heavy (non-hydrogen) atoms. The molecule has 2 aromatic rings. The number of sulfonamides is 1. The van der Waals surface area contributed by atoms with Crippen LogP contribution in [0.5, 0.6) is 5.75 Å². The maximum absolute atomic E-state index is 13.7. The minimum atomic E-state index is -3.78. The van der Waals surface area contributed by atoms with Gasteiger partial charge in [-0.15, -0.1) is 0 Å². The van der Waals surface area contributed by atoms with E-state index < -0.39 is 15.8 Å². The quantitative estimate of drug-likeness (QED) is 0.887. The molecule has 0 aliphatic carbocycles. The Morgan fingerprint density at radius 3 is 2.57 bits per heavy atom. The van der Waals surface area contributed by atoms with Crippen LogP contribution in [0.15, 0.2) is 47.6 Å². The molecule has 112 valence electrons. The van der Waals surface area contributed by atoms with Crippen LogP contribution in [0.1, 0.15) is 12.5 Å². The smallest absolute Gasteiger partial charge is 0.240 e. The van der Waals surface area contributed by atoms with Crippen molar-refractivity contribution in [3.05, 3.63) is 54.1 Å². The molecule has 0 unspecified atom stereocenters. The molecule has 0 atom stereocenters. The van der Waals surface area contributed by atoms with Crippen molar-refractivity contribution in [1.29, 1.82) is 0 Å². The van der Waals surface area contributed by atoms with Crippen LogP contribution in [0.25, 0.3) is 0 Å². The standard InChI is InChI=1S/C14H15FN2O3S/c1-2-20-14-4-3-12(9-13(14)15)21(18,19)17-10-11-5-7-16-8-6-11/h3-9,17H,2,10H2,1H3. The Morgan fingerprint density at radius 2 is 1.95 bits per heavy atom. The summed E-state index contributed by atoms with van der Waals surface area (Å²) in [6.45, 7) is 2.14. The first-order valence-electron chi connectivity index (χ1n) is 6.34. The van der Waals surface area contributed by atoms with Crippen molar-refractivity contribution in [3.8, 4) is 5.75 Å². The van der Waals surface area contributed by atoms with Crippen LogP contribution in [0, 0.1) is 5.82 Å². The lowest BCUT2D eigenvalue weighted by atomic mass is 10.3. The highest BCUT2D eigenvalue weighted by atomic mass is 32.2. The van der Waals surface area contributed by atoms with Gasteiger partial charge in [0, 0.05) is 18.9 Å². The number of pyridine rings is 1. The molecule has 1 aromatic carbocycles. The van der Waals surface area contributed by atoms with Crippen LogP contribution < -0.4 is 9.46 Å². The second-order valence-corrected chi connectivity index (χ2v) is 5.97. The van der Waals surface area contributed by atoms with Crippen LogP contribution >= 0.6 is 0 Å². The number of nitrogens with zero attached hydrogens (tertiary/aromatic N) is 1. The topological polar surface area (TPSA) is 68.3 Å². The second kappa shape index (κ2) is 6.64. The van der Waals surface area contributed by atoms with E-state index >= 15 is 0 Å². The first-order valence-corrected chi connectivity index (χ1v) is 7.82. The third kappa shape index (κ3) is 3.99. The van der Waals surface area contributed by atoms with E-state index in [1.165, 1.54) is 12.1 Å². The molecule has 0 radical (unpaired) electrons. The number of hydrogen-bond donors (Lipinski definition) is 1. The fourth-order valence-electron chi connectivity index (χ4n) is 1.68. The summed E-state index contributed by atoms with van der Waals surface area (Å²) in [6.07, 6.45) is 3.14. The first-order chi connectivity index (χ1) is 10.0. The predicted octanol–water partition coefficient (Wildman–Crippen LogP) is 2.10. The van der Waals surface area contributed by atoms with Gasteiger partial charge in [0.15, 0.2) is 11.6 Å². The number of aromatic nitrogens is 1. The molecule has 1 aromatic heterocycles. The molecule has 7 heteroatoms. The van der Waals surface area contributed by atoms with Crippen LogP contribution in [-0.2, 0) is 16.6 Å². The van der Waals surface area contributed by atoms with Crippen molar-refractivity contribution < 1.29 is 17.5 Å². The molecule has 1 heterocycles. The largest absolute Gasteiger partial charge is 0.491 e. The Bertz CT molecular complexity index is 705. The van der Waals surface area contributed by atoms with Gasteiger partial charge in [-0.25, -0.2) is 17.5 Å². The maximum Gasteiger partial charge on any atom is 0.240 e. The monoisotopic (exact) mass is 310 g/mol. The van der Waals surface area contributed by atoms with E-state index in [9.17, 15) is 12.8 Å². The first kappa shape index (κ1) is 15.4. The number of halogens is 1. The lowest BCUT2D eigenvalue weighted by molar-refractivity contribution is 0.321. The number of hydrogen-bond acceptors (Lipinski definition) is 4. The van der Waals surface area contributed by atoms with Gasteiger partial charge in [-0.05, 0) is 42.8 Å². The van der Waals surface area contributed by atoms with Crippen molar-refractivity contribution in [1.82, 2.24) is 9.71 Å². The third-order valence-corrected chi connectivity index (χ3v) is 4.13. The fraction of sp³-hybridized carbons (Fsp3) is 0.214. The van der Waals surface area contributed by atoms with Gasteiger partial charge in [0.2, 0.25) is 10.0 Å². The average molecular weight is 310 g/mol. The molecule has 0 saturated heterocycles. The van der Waals surface area contributed by atoms with Crippen LogP contribution in [-0.4, -0.2) is 20.0 Å². The molecule has 2 rings (SSSR count). The molecular weight excluding hydrogens is 295 g/mol. The number of rotatable bonds is 6. The molecule has 0 bridgehead atoms. The van der Waals surface area contributed by atoms with E-state index in [1.807, 2.05) is 0 Å². The Balaban J connectivity index is 2.14.